The summed E-state index contributed by atoms with van der Waals surface area (Å²) < 4.78 is 12.4. The predicted molar refractivity (Wildman–Crippen MR) is 97.3 cm³/mol. The first kappa shape index (κ1) is 18.8. The molecule has 2 aromatic rings. The highest BCUT2D eigenvalue weighted by molar-refractivity contribution is 5.95. The molecular weight excluding hydrogens is 346 g/mol. The van der Waals surface area contributed by atoms with Crippen LogP contribution in [-0.2, 0) is 9.53 Å². The second kappa shape index (κ2) is 7.70. The van der Waals surface area contributed by atoms with E-state index in [1.54, 1.807) is 40.9 Å². The minimum absolute atomic E-state index is 0.0642. The van der Waals surface area contributed by atoms with Gasteiger partial charge >= 0.3 is 5.97 Å². The number of piperidine rings is 1. The van der Waals surface area contributed by atoms with Gasteiger partial charge in [0.15, 0.2) is 6.61 Å². The second-order valence-electron chi connectivity index (χ2n) is 7.24. The third-order valence-corrected chi connectivity index (χ3v) is 4.77. The maximum atomic E-state index is 12.5. The number of esters is 1. The van der Waals surface area contributed by atoms with E-state index in [2.05, 4.69) is 13.8 Å². The van der Waals surface area contributed by atoms with Gasteiger partial charge in [-0.3, -0.25) is 9.36 Å². The van der Waals surface area contributed by atoms with Gasteiger partial charge < -0.3 is 14.1 Å². The Labute approximate surface area is 158 Å². The highest BCUT2D eigenvalue weighted by Gasteiger charge is 2.29. The summed E-state index contributed by atoms with van der Waals surface area (Å²) in [5, 5.41) is 9.49. The first-order chi connectivity index (χ1) is 12.9. The van der Waals surface area contributed by atoms with Crippen LogP contribution in [0.5, 0.6) is 0 Å². The van der Waals surface area contributed by atoms with Gasteiger partial charge in [0.1, 0.15) is 23.0 Å². The van der Waals surface area contributed by atoms with Gasteiger partial charge in [0.05, 0.1) is 0 Å². The van der Waals surface area contributed by atoms with Crippen molar-refractivity contribution in [2.45, 2.75) is 27.2 Å². The van der Waals surface area contributed by atoms with Crippen LogP contribution in [-0.4, -0.2) is 41.0 Å². The molecule has 0 saturated carbocycles. The number of carbonyl (C=O) groups is 2. The summed E-state index contributed by atoms with van der Waals surface area (Å²) in [4.78, 5) is 26.7. The van der Waals surface area contributed by atoms with Crippen molar-refractivity contribution in [3.63, 3.8) is 0 Å². The van der Waals surface area contributed by atoms with Gasteiger partial charge in [0, 0.05) is 25.5 Å². The second-order valence-corrected chi connectivity index (χ2v) is 7.24. The fraction of sp³-hybridized carbons (Fsp3) is 0.450. The molecule has 1 amide bonds. The highest BCUT2D eigenvalue weighted by atomic mass is 16.5. The van der Waals surface area contributed by atoms with E-state index in [1.807, 2.05) is 6.07 Å². The minimum Gasteiger partial charge on any atom is -0.452 e. The zero-order chi connectivity index (χ0) is 19.6. The molecule has 0 spiro atoms. The fourth-order valence-corrected chi connectivity index (χ4v) is 3.69. The van der Waals surface area contributed by atoms with Crippen molar-refractivity contribution < 1.29 is 18.7 Å². The zero-order valence-electron chi connectivity index (χ0n) is 15.8. The predicted octanol–water partition coefficient (Wildman–Crippen LogP) is 2.91. The smallest absolute Gasteiger partial charge is 0.343 e. The Bertz CT molecular complexity index is 866. The van der Waals surface area contributed by atoms with Crippen LogP contribution in [0, 0.1) is 30.1 Å². The number of nitrogens with zero attached hydrogens (tertiary/aromatic N) is 3. The molecule has 1 fully saturated rings. The molecule has 142 valence electrons. The van der Waals surface area contributed by atoms with Gasteiger partial charge in [-0.05, 0) is 37.3 Å². The van der Waals surface area contributed by atoms with Crippen molar-refractivity contribution in [3.05, 3.63) is 41.4 Å². The topological polar surface area (TPSA) is 88.5 Å². The monoisotopic (exact) mass is 369 g/mol. The van der Waals surface area contributed by atoms with E-state index in [0.29, 0.717) is 24.9 Å². The number of ether oxygens (including phenoxy) is 1. The van der Waals surface area contributed by atoms with Crippen molar-refractivity contribution in [3.8, 4) is 12.0 Å². The van der Waals surface area contributed by atoms with Crippen molar-refractivity contribution in [2.75, 3.05) is 19.7 Å². The van der Waals surface area contributed by atoms with E-state index in [-0.39, 0.29) is 35.3 Å². The number of amides is 1. The van der Waals surface area contributed by atoms with E-state index >= 15 is 0 Å². The Balaban J connectivity index is 1.72. The number of likely N-dealkylation sites (tertiary alicyclic amines) is 1. The average Bonchev–Trinajstić information content (AvgIpc) is 3.25. The van der Waals surface area contributed by atoms with Gasteiger partial charge in [-0.1, -0.05) is 13.8 Å². The van der Waals surface area contributed by atoms with Crippen LogP contribution in [0.3, 0.4) is 0 Å². The molecule has 3 heterocycles. The van der Waals surface area contributed by atoms with Crippen LogP contribution in [0.2, 0.25) is 0 Å². The Morgan fingerprint density at radius 3 is 2.48 bits per heavy atom. The summed E-state index contributed by atoms with van der Waals surface area (Å²) >= 11 is 0. The Hall–Kier alpha value is -3.01. The van der Waals surface area contributed by atoms with Crippen LogP contribution in [0.4, 0.5) is 0 Å². The minimum atomic E-state index is -0.724. The molecule has 0 aromatic carbocycles. The molecular formula is C20H23N3O4. The number of hydrogen-bond acceptors (Lipinski definition) is 5. The van der Waals surface area contributed by atoms with Crippen LogP contribution in [0.15, 0.2) is 28.9 Å². The van der Waals surface area contributed by atoms with E-state index in [4.69, 9.17) is 9.15 Å². The number of nitriles is 1. The van der Waals surface area contributed by atoms with Gasteiger partial charge in [-0.15, -0.1) is 0 Å². The molecule has 27 heavy (non-hydrogen) atoms. The highest BCUT2D eigenvalue weighted by Crippen LogP contribution is 2.26. The maximum Gasteiger partial charge on any atom is 0.343 e. The van der Waals surface area contributed by atoms with Crippen LogP contribution >= 0.6 is 0 Å². The first-order valence-electron chi connectivity index (χ1n) is 9.02. The largest absolute Gasteiger partial charge is 0.452 e. The van der Waals surface area contributed by atoms with Crippen molar-refractivity contribution >= 4 is 11.9 Å². The number of rotatable bonds is 4. The summed E-state index contributed by atoms with van der Waals surface area (Å²) in [6.07, 6.45) is 4.53. The molecule has 2 aromatic heterocycles. The van der Waals surface area contributed by atoms with E-state index < -0.39 is 5.97 Å². The SMILES string of the molecule is Cc1oc(-n2cccc2)c(C#N)c1C(=O)OCC(=O)N1C[C@H](C)C[C@H](C)C1. The van der Waals surface area contributed by atoms with E-state index in [9.17, 15) is 14.9 Å². The first-order valence-corrected chi connectivity index (χ1v) is 9.02. The summed E-state index contributed by atoms with van der Waals surface area (Å²) in [7, 11) is 0. The number of furan rings is 1. The lowest BCUT2D eigenvalue weighted by molar-refractivity contribution is -0.137. The zero-order valence-corrected chi connectivity index (χ0v) is 15.8. The van der Waals surface area contributed by atoms with E-state index in [1.165, 1.54) is 0 Å². The molecule has 1 aliphatic rings. The lowest BCUT2D eigenvalue weighted by Crippen LogP contribution is -2.44. The van der Waals surface area contributed by atoms with E-state index in [0.717, 1.165) is 6.42 Å². The summed E-state index contributed by atoms with van der Waals surface area (Å²) in [5.74, 6) is 0.465. The molecule has 2 atom stereocenters. The quantitative estimate of drug-likeness (QED) is 0.773. The van der Waals surface area contributed by atoms with Crippen LogP contribution in [0.1, 0.15) is 41.9 Å². The maximum absolute atomic E-state index is 12.5. The van der Waals surface area contributed by atoms with Crippen LogP contribution < -0.4 is 0 Å². The van der Waals surface area contributed by atoms with Crippen LogP contribution in [0.25, 0.3) is 5.88 Å². The molecule has 1 aliphatic heterocycles. The third kappa shape index (κ3) is 3.90. The normalized spacial score (nSPS) is 19.6. The number of carbonyl (C=O) groups excluding carboxylic acids is 2. The Morgan fingerprint density at radius 2 is 1.89 bits per heavy atom. The third-order valence-electron chi connectivity index (χ3n) is 4.77. The molecule has 0 radical (unpaired) electrons. The average molecular weight is 369 g/mol. The van der Waals surface area contributed by atoms with Gasteiger partial charge in [0.2, 0.25) is 5.88 Å². The van der Waals surface area contributed by atoms with Crippen molar-refractivity contribution in [1.82, 2.24) is 9.47 Å². The van der Waals surface area contributed by atoms with Gasteiger partial charge in [-0.25, -0.2) is 4.79 Å². The molecule has 3 rings (SSSR count). The Morgan fingerprint density at radius 1 is 1.26 bits per heavy atom. The van der Waals surface area contributed by atoms with Crippen molar-refractivity contribution in [1.29, 1.82) is 5.26 Å². The molecule has 0 unspecified atom stereocenters. The number of aromatic nitrogens is 1. The number of hydrogen-bond donors (Lipinski definition) is 0. The lowest BCUT2D eigenvalue weighted by atomic mass is 9.92. The van der Waals surface area contributed by atoms with Gasteiger partial charge in [-0.2, -0.15) is 5.26 Å². The summed E-state index contributed by atoms with van der Waals surface area (Å²) in [5.41, 5.74) is 0.163. The van der Waals surface area contributed by atoms with Gasteiger partial charge in [0.25, 0.3) is 5.91 Å². The molecule has 7 heteroatoms. The molecule has 0 aliphatic carbocycles. The Kier molecular flexibility index (Phi) is 5.36. The lowest BCUT2D eigenvalue weighted by Gasteiger charge is -2.34. The van der Waals surface area contributed by atoms with Crippen molar-refractivity contribution in [2.24, 2.45) is 11.8 Å². The summed E-state index contributed by atoms with van der Waals surface area (Å²) in [6, 6.07) is 5.58. The molecule has 0 bridgehead atoms. The summed E-state index contributed by atoms with van der Waals surface area (Å²) in [6.45, 7) is 6.82. The molecule has 0 N–H and O–H groups in total. The number of aryl methyl sites for hydroxylation is 1. The molecule has 7 nitrogen and oxygen atoms in total. The standard InChI is InChI=1S/C20H23N3O4/c1-13-8-14(2)11-23(10-13)17(24)12-26-20(25)18-15(3)27-19(16(18)9-21)22-6-4-5-7-22/h4-7,13-14H,8,10-12H2,1-3H3/t13-,14+. The molecule has 1 saturated heterocycles. The fourth-order valence-electron chi connectivity index (χ4n) is 3.69.